The Morgan fingerprint density at radius 2 is 2.10 bits per heavy atom. The number of ether oxygens (including phenoxy) is 2. The van der Waals surface area contributed by atoms with Gasteiger partial charge in [0.15, 0.2) is 5.75 Å². The Balaban J connectivity index is 1.79. The van der Waals surface area contributed by atoms with Crippen molar-refractivity contribution in [1.82, 2.24) is 0 Å². The van der Waals surface area contributed by atoms with Crippen molar-refractivity contribution in [3.8, 4) is 0 Å². The van der Waals surface area contributed by atoms with E-state index in [1.54, 1.807) is 0 Å². The van der Waals surface area contributed by atoms with Gasteiger partial charge in [0.05, 0.1) is 5.92 Å². The highest BCUT2D eigenvalue weighted by molar-refractivity contribution is 7.86. The van der Waals surface area contributed by atoms with Gasteiger partial charge in [-0.05, 0) is 25.2 Å². The normalized spacial score (nSPS) is 39.2. The standard InChI is InChI=1S/C12H16O7S/c13-10(6-20(15,16)17)19-12-3-7-1-8(4-12)11(14)18-9(2-7)5-12/h7-9H,1-6H2,(H,15,16,17). The van der Waals surface area contributed by atoms with Crippen molar-refractivity contribution in [2.24, 2.45) is 11.8 Å². The van der Waals surface area contributed by atoms with E-state index in [1.165, 1.54) is 0 Å². The lowest BCUT2D eigenvalue weighted by Gasteiger charge is -2.45. The van der Waals surface area contributed by atoms with E-state index >= 15 is 0 Å². The van der Waals surface area contributed by atoms with Gasteiger partial charge in [0.2, 0.25) is 0 Å². The third kappa shape index (κ3) is 2.67. The molecule has 4 aliphatic rings. The second-order valence-corrected chi connectivity index (χ2v) is 7.54. The molecule has 0 aromatic heterocycles. The molecule has 2 heterocycles. The maximum atomic E-state index is 11.8. The minimum Gasteiger partial charge on any atom is -0.462 e. The summed E-state index contributed by atoms with van der Waals surface area (Å²) >= 11 is 0. The minimum atomic E-state index is -4.40. The molecule has 2 aliphatic heterocycles. The van der Waals surface area contributed by atoms with E-state index in [-0.39, 0.29) is 23.9 Å². The molecular weight excluding hydrogens is 288 g/mol. The number of fused-ring (bicyclic) bond motifs is 1. The van der Waals surface area contributed by atoms with Crippen molar-refractivity contribution >= 4 is 22.1 Å². The smallest absolute Gasteiger partial charge is 0.324 e. The van der Waals surface area contributed by atoms with Crippen LogP contribution in [0.2, 0.25) is 0 Å². The minimum absolute atomic E-state index is 0.245. The zero-order valence-electron chi connectivity index (χ0n) is 10.8. The molecule has 0 aromatic carbocycles. The molecule has 0 aromatic rings. The first-order valence-electron chi connectivity index (χ1n) is 6.62. The zero-order chi connectivity index (χ0) is 14.5. The summed E-state index contributed by atoms with van der Waals surface area (Å²) in [5, 5.41) is 0. The average molecular weight is 304 g/mol. The molecule has 1 N–H and O–H groups in total. The molecule has 2 aliphatic carbocycles. The van der Waals surface area contributed by atoms with Gasteiger partial charge in [-0.15, -0.1) is 0 Å². The fourth-order valence-corrected chi connectivity index (χ4v) is 4.28. The Morgan fingerprint density at radius 1 is 1.35 bits per heavy atom. The van der Waals surface area contributed by atoms with Crippen LogP contribution in [0.1, 0.15) is 32.1 Å². The van der Waals surface area contributed by atoms with Crippen LogP contribution in [0.25, 0.3) is 0 Å². The van der Waals surface area contributed by atoms with Gasteiger partial charge in [-0.25, -0.2) is 0 Å². The molecule has 8 heteroatoms. The lowest BCUT2D eigenvalue weighted by molar-refractivity contribution is -0.170. The van der Waals surface area contributed by atoms with Gasteiger partial charge in [0.1, 0.15) is 11.7 Å². The average Bonchev–Trinajstić information content (AvgIpc) is 2.37. The van der Waals surface area contributed by atoms with Crippen LogP contribution in [0, 0.1) is 11.8 Å². The predicted molar refractivity (Wildman–Crippen MR) is 65.2 cm³/mol. The molecule has 4 bridgehead atoms. The first kappa shape index (κ1) is 13.8. The van der Waals surface area contributed by atoms with E-state index in [1.807, 2.05) is 0 Å². The second-order valence-electron chi connectivity index (χ2n) is 6.09. The molecule has 4 fully saturated rings. The van der Waals surface area contributed by atoms with Crippen molar-refractivity contribution < 1.29 is 32.0 Å². The van der Waals surface area contributed by atoms with E-state index in [0.29, 0.717) is 19.3 Å². The molecule has 4 rings (SSSR count). The van der Waals surface area contributed by atoms with Crippen molar-refractivity contribution in [1.29, 1.82) is 0 Å². The van der Waals surface area contributed by atoms with Crippen LogP contribution in [-0.2, 0) is 29.2 Å². The lowest BCUT2D eigenvalue weighted by atomic mass is 9.65. The van der Waals surface area contributed by atoms with E-state index in [2.05, 4.69) is 0 Å². The molecule has 7 nitrogen and oxygen atoms in total. The topological polar surface area (TPSA) is 107 Å². The summed E-state index contributed by atoms with van der Waals surface area (Å²) in [6, 6.07) is 0. The van der Waals surface area contributed by atoms with E-state index in [0.717, 1.165) is 12.8 Å². The van der Waals surface area contributed by atoms with Gasteiger partial charge in [-0.1, -0.05) is 0 Å². The highest BCUT2D eigenvalue weighted by Gasteiger charge is 2.54. The molecule has 0 spiro atoms. The largest absolute Gasteiger partial charge is 0.462 e. The van der Waals surface area contributed by atoms with Gasteiger partial charge in [0.25, 0.3) is 10.1 Å². The Bertz CT molecular complexity index is 554. The van der Waals surface area contributed by atoms with Crippen molar-refractivity contribution in [3.63, 3.8) is 0 Å². The van der Waals surface area contributed by atoms with Crippen molar-refractivity contribution in [2.75, 3.05) is 5.75 Å². The van der Waals surface area contributed by atoms with E-state index in [9.17, 15) is 18.0 Å². The third-order valence-electron chi connectivity index (χ3n) is 4.34. The molecule has 4 unspecified atom stereocenters. The van der Waals surface area contributed by atoms with Gasteiger partial charge < -0.3 is 9.47 Å². The fraction of sp³-hybridized carbons (Fsp3) is 0.833. The van der Waals surface area contributed by atoms with Crippen LogP contribution in [0.3, 0.4) is 0 Å². The molecule has 0 radical (unpaired) electrons. The summed E-state index contributed by atoms with van der Waals surface area (Å²) < 4.78 is 40.8. The SMILES string of the molecule is O=C(CS(=O)(=O)O)OC12CC3CC(C1)OC(=O)C(C3)C2. The molecule has 2 saturated carbocycles. The fourth-order valence-electron chi connectivity index (χ4n) is 3.92. The van der Waals surface area contributed by atoms with Crippen LogP contribution in [0.15, 0.2) is 0 Å². The van der Waals surface area contributed by atoms with Crippen LogP contribution in [0.5, 0.6) is 0 Å². The van der Waals surface area contributed by atoms with Crippen molar-refractivity contribution in [3.05, 3.63) is 0 Å². The zero-order valence-corrected chi connectivity index (χ0v) is 11.6. The van der Waals surface area contributed by atoms with Crippen LogP contribution in [-0.4, -0.2) is 42.4 Å². The maximum Gasteiger partial charge on any atom is 0.324 e. The lowest BCUT2D eigenvalue weighted by Crippen LogP contribution is -2.48. The Kier molecular flexibility index (Phi) is 3.06. The summed E-state index contributed by atoms with van der Waals surface area (Å²) in [5.74, 6) is -2.28. The maximum absolute atomic E-state index is 11.8. The summed E-state index contributed by atoms with van der Waals surface area (Å²) in [4.78, 5) is 23.5. The van der Waals surface area contributed by atoms with Crippen LogP contribution in [0.4, 0.5) is 0 Å². The molecule has 112 valence electrons. The molecule has 4 atom stereocenters. The number of rotatable bonds is 3. The first-order chi connectivity index (χ1) is 9.25. The Hall–Kier alpha value is -1.15. The van der Waals surface area contributed by atoms with Gasteiger partial charge >= 0.3 is 11.9 Å². The third-order valence-corrected chi connectivity index (χ3v) is 4.94. The summed E-state index contributed by atoms with van der Waals surface area (Å²) in [5.41, 5.74) is -0.815. The van der Waals surface area contributed by atoms with Gasteiger partial charge in [-0.3, -0.25) is 14.1 Å². The number of esters is 2. The Morgan fingerprint density at radius 3 is 2.80 bits per heavy atom. The highest BCUT2D eigenvalue weighted by atomic mass is 32.2. The van der Waals surface area contributed by atoms with Gasteiger partial charge in [-0.2, -0.15) is 8.42 Å². The Labute approximate surface area is 116 Å². The second kappa shape index (κ2) is 4.42. The van der Waals surface area contributed by atoms with E-state index < -0.39 is 27.4 Å². The number of carbonyl (C=O) groups excluding carboxylic acids is 2. The number of carbonyl (C=O) groups is 2. The van der Waals surface area contributed by atoms with Gasteiger partial charge in [0, 0.05) is 12.8 Å². The molecule has 20 heavy (non-hydrogen) atoms. The summed E-state index contributed by atoms with van der Waals surface area (Å²) in [7, 11) is -4.40. The first-order valence-corrected chi connectivity index (χ1v) is 8.23. The number of hydrogen-bond donors (Lipinski definition) is 1. The monoisotopic (exact) mass is 304 g/mol. The molecular formula is C12H16O7S. The summed E-state index contributed by atoms with van der Waals surface area (Å²) in [6.45, 7) is 0. The quantitative estimate of drug-likeness (QED) is 0.590. The highest BCUT2D eigenvalue weighted by Crippen LogP contribution is 2.51. The van der Waals surface area contributed by atoms with E-state index in [4.69, 9.17) is 14.0 Å². The van der Waals surface area contributed by atoms with Crippen LogP contribution < -0.4 is 0 Å². The predicted octanol–water partition coefficient (Wildman–Crippen LogP) is 0.292. The summed E-state index contributed by atoms with van der Waals surface area (Å²) in [6.07, 6.45) is 2.70. The van der Waals surface area contributed by atoms with Crippen molar-refractivity contribution in [2.45, 2.75) is 43.8 Å². The van der Waals surface area contributed by atoms with Crippen LogP contribution >= 0.6 is 0 Å². The molecule has 0 amide bonds. The molecule has 2 saturated heterocycles. The number of hydrogen-bond acceptors (Lipinski definition) is 6.